The lowest BCUT2D eigenvalue weighted by molar-refractivity contribution is -0.0564. The Morgan fingerprint density at radius 1 is 1.33 bits per heavy atom. The standard InChI is InChI=1S/C17H28N2O2/c1-4-17(18)14-5-7-15(8-6-14)21-12-16-11-19(13(2)3)9-10-20-16/h5-8,13,16-17H,4,9-12,18H2,1-3H3. The highest BCUT2D eigenvalue weighted by atomic mass is 16.5. The van der Waals surface area contributed by atoms with Gasteiger partial charge < -0.3 is 15.2 Å². The molecule has 118 valence electrons. The summed E-state index contributed by atoms with van der Waals surface area (Å²) in [6, 6.07) is 8.76. The second kappa shape index (κ2) is 7.78. The summed E-state index contributed by atoms with van der Waals surface area (Å²) in [5.74, 6) is 0.882. The van der Waals surface area contributed by atoms with Crippen molar-refractivity contribution in [3.05, 3.63) is 29.8 Å². The second-order valence-corrected chi connectivity index (χ2v) is 5.98. The first-order chi connectivity index (χ1) is 10.1. The first-order valence-corrected chi connectivity index (χ1v) is 7.94. The van der Waals surface area contributed by atoms with Gasteiger partial charge in [-0.2, -0.15) is 0 Å². The van der Waals surface area contributed by atoms with E-state index in [1.165, 1.54) is 0 Å². The van der Waals surface area contributed by atoms with Gasteiger partial charge in [0, 0.05) is 25.2 Å². The van der Waals surface area contributed by atoms with Crippen molar-refractivity contribution in [3.63, 3.8) is 0 Å². The van der Waals surface area contributed by atoms with Gasteiger partial charge >= 0.3 is 0 Å². The zero-order valence-corrected chi connectivity index (χ0v) is 13.4. The van der Waals surface area contributed by atoms with Gasteiger partial charge in [0.05, 0.1) is 6.61 Å². The van der Waals surface area contributed by atoms with Crippen molar-refractivity contribution in [1.29, 1.82) is 0 Å². The zero-order chi connectivity index (χ0) is 15.2. The maximum absolute atomic E-state index is 6.01. The van der Waals surface area contributed by atoms with Gasteiger partial charge in [0.2, 0.25) is 0 Å². The Morgan fingerprint density at radius 3 is 2.67 bits per heavy atom. The normalized spacial score (nSPS) is 21.5. The third-order valence-corrected chi connectivity index (χ3v) is 4.08. The number of hydrogen-bond donors (Lipinski definition) is 1. The molecule has 1 aromatic carbocycles. The van der Waals surface area contributed by atoms with Gasteiger partial charge in [-0.05, 0) is 38.0 Å². The maximum Gasteiger partial charge on any atom is 0.119 e. The molecule has 0 amide bonds. The van der Waals surface area contributed by atoms with Crippen LogP contribution in [0.5, 0.6) is 5.75 Å². The van der Waals surface area contributed by atoms with Crippen LogP contribution in [0.4, 0.5) is 0 Å². The van der Waals surface area contributed by atoms with E-state index in [-0.39, 0.29) is 12.1 Å². The monoisotopic (exact) mass is 292 g/mol. The van der Waals surface area contributed by atoms with E-state index in [1.807, 2.05) is 24.3 Å². The van der Waals surface area contributed by atoms with Gasteiger partial charge in [-0.3, -0.25) is 4.90 Å². The van der Waals surface area contributed by atoms with E-state index in [0.717, 1.165) is 37.4 Å². The van der Waals surface area contributed by atoms with Crippen molar-refractivity contribution in [2.45, 2.75) is 45.4 Å². The van der Waals surface area contributed by atoms with Crippen LogP contribution in [0.3, 0.4) is 0 Å². The smallest absolute Gasteiger partial charge is 0.119 e. The molecular weight excluding hydrogens is 264 g/mol. The van der Waals surface area contributed by atoms with E-state index in [0.29, 0.717) is 12.6 Å². The lowest BCUT2D eigenvalue weighted by Crippen LogP contribution is -2.47. The van der Waals surface area contributed by atoms with Crippen molar-refractivity contribution in [3.8, 4) is 5.75 Å². The molecule has 1 aliphatic heterocycles. The van der Waals surface area contributed by atoms with E-state index >= 15 is 0 Å². The Kier molecular flexibility index (Phi) is 6.03. The molecule has 1 fully saturated rings. The molecule has 0 aromatic heterocycles. The van der Waals surface area contributed by atoms with Crippen LogP contribution in [-0.4, -0.2) is 43.3 Å². The number of hydrogen-bond acceptors (Lipinski definition) is 4. The molecule has 1 aromatic rings. The number of ether oxygens (including phenoxy) is 2. The molecule has 0 radical (unpaired) electrons. The summed E-state index contributed by atoms with van der Waals surface area (Å²) < 4.78 is 11.6. The van der Waals surface area contributed by atoms with Gasteiger partial charge in [-0.15, -0.1) is 0 Å². The molecule has 21 heavy (non-hydrogen) atoms. The second-order valence-electron chi connectivity index (χ2n) is 5.98. The van der Waals surface area contributed by atoms with Crippen LogP contribution in [0.1, 0.15) is 38.8 Å². The van der Waals surface area contributed by atoms with Crippen LogP contribution in [0.15, 0.2) is 24.3 Å². The summed E-state index contributed by atoms with van der Waals surface area (Å²) in [6.45, 7) is 9.88. The molecule has 1 saturated heterocycles. The molecule has 4 nitrogen and oxygen atoms in total. The highest BCUT2D eigenvalue weighted by Crippen LogP contribution is 2.19. The van der Waals surface area contributed by atoms with E-state index in [9.17, 15) is 0 Å². The van der Waals surface area contributed by atoms with Crippen LogP contribution < -0.4 is 10.5 Å². The number of rotatable bonds is 6. The van der Waals surface area contributed by atoms with Gasteiger partial charge in [0.15, 0.2) is 0 Å². The van der Waals surface area contributed by atoms with Crippen LogP contribution in [0.25, 0.3) is 0 Å². The average molecular weight is 292 g/mol. The van der Waals surface area contributed by atoms with E-state index in [2.05, 4.69) is 25.7 Å². The molecule has 2 rings (SSSR count). The van der Waals surface area contributed by atoms with Crippen molar-refractivity contribution in [1.82, 2.24) is 4.90 Å². The van der Waals surface area contributed by atoms with Crippen LogP contribution in [-0.2, 0) is 4.74 Å². The van der Waals surface area contributed by atoms with Gasteiger partial charge in [0.1, 0.15) is 18.5 Å². The number of nitrogens with zero attached hydrogens (tertiary/aromatic N) is 1. The topological polar surface area (TPSA) is 47.7 Å². The van der Waals surface area contributed by atoms with Crippen molar-refractivity contribution >= 4 is 0 Å². The maximum atomic E-state index is 6.01. The average Bonchev–Trinajstić information content (AvgIpc) is 2.53. The van der Waals surface area contributed by atoms with Crippen molar-refractivity contribution in [2.24, 2.45) is 5.73 Å². The van der Waals surface area contributed by atoms with E-state index < -0.39 is 0 Å². The van der Waals surface area contributed by atoms with Crippen LogP contribution >= 0.6 is 0 Å². The number of morpholine rings is 1. The lowest BCUT2D eigenvalue weighted by atomic mass is 10.1. The Labute approximate surface area is 128 Å². The molecule has 0 bridgehead atoms. The summed E-state index contributed by atoms with van der Waals surface area (Å²) in [5.41, 5.74) is 7.17. The Hall–Kier alpha value is -1.10. The van der Waals surface area contributed by atoms with Gasteiger partial charge in [-0.25, -0.2) is 0 Å². The summed E-state index contributed by atoms with van der Waals surface area (Å²) in [7, 11) is 0. The predicted molar refractivity (Wildman–Crippen MR) is 85.6 cm³/mol. The minimum absolute atomic E-state index is 0.111. The first kappa shape index (κ1) is 16.3. The van der Waals surface area contributed by atoms with E-state index in [1.54, 1.807) is 0 Å². The largest absolute Gasteiger partial charge is 0.491 e. The molecule has 0 aliphatic carbocycles. The zero-order valence-electron chi connectivity index (χ0n) is 13.4. The summed E-state index contributed by atoms with van der Waals surface area (Å²) in [6.07, 6.45) is 1.10. The molecule has 0 saturated carbocycles. The molecule has 1 heterocycles. The van der Waals surface area contributed by atoms with Crippen LogP contribution in [0.2, 0.25) is 0 Å². The molecule has 2 atom stereocenters. The highest BCUT2D eigenvalue weighted by molar-refractivity contribution is 5.29. The Bertz CT molecular complexity index is 419. The minimum atomic E-state index is 0.111. The molecule has 0 spiro atoms. The molecule has 4 heteroatoms. The third-order valence-electron chi connectivity index (χ3n) is 4.08. The predicted octanol–water partition coefficient (Wildman–Crippen LogP) is 2.58. The fourth-order valence-corrected chi connectivity index (χ4v) is 2.55. The van der Waals surface area contributed by atoms with Crippen molar-refractivity contribution < 1.29 is 9.47 Å². The minimum Gasteiger partial charge on any atom is -0.491 e. The Balaban J connectivity index is 1.82. The third kappa shape index (κ3) is 4.70. The van der Waals surface area contributed by atoms with E-state index in [4.69, 9.17) is 15.2 Å². The van der Waals surface area contributed by atoms with Gasteiger partial charge in [0.25, 0.3) is 0 Å². The van der Waals surface area contributed by atoms with Gasteiger partial charge in [-0.1, -0.05) is 19.1 Å². The molecular formula is C17H28N2O2. The SMILES string of the molecule is CCC(N)c1ccc(OCC2CN(C(C)C)CCO2)cc1. The molecule has 1 aliphatic rings. The van der Waals surface area contributed by atoms with Crippen LogP contribution in [0, 0.1) is 0 Å². The number of benzene rings is 1. The quantitative estimate of drug-likeness (QED) is 0.875. The highest BCUT2D eigenvalue weighted by Gasteiger charge is 2.22. The molecule has 2 N–H and O–H groups in total. The summed E-state index contributed by atoms with van der Waals surface area (Å²) in [4.78, 5) is 2.43. The van der Waals surface area contributed by atoms with Crippen molar-refractivity contribution in [2.75, 3.05) is 26.3 Å². The molecule has 2 unspecified atom stereocenters. The first-order valence-electron chi connectivity index (χ1n) is 7.94. The fourth-order valence-electron chi connectivity index (χ4n) is 2.55. The summed E-state index contributed by atoms with van der Waals surface area (Å²) in [5, 5.41) is 0. The number of nitrogens with two attached hydrogens (primary N) is 1. The summed E-state index contributed by atoms with van der Waals surface area (Å²) >= 11 is 0. The Morgan fingerprint density at radius 2 is 2.05 bits per heavy atom. The lowest BCUT2D eigenvalue weighted by Gasteiger charge is -2.35. The fraction of sp³-hybridized carbons (Fsp3) is 0.647.